The summed E-state index contributed by atoms with van der Waals surface area (Å²) < 4.78 is 45.6. The van der Waals surface area contributed by atoms with Gasteiger partial charge in [0.2, 0.25) is 0 Å². The van der Waals surface area contributed by atoms with E-state index in [1.807, 2.05) is 0 Å². The molecule has 10 nitrogen and oxygen atoms in total. The number of rotatable bonds is 5. The first kappa shape index (κ1) is 21.0. The highest BCUT2D eigenvalue weighted by atomic mass is 32.2. The summed E-state index contributed by atoms with van der Waals surface area (Å²) in [6.07, 6.45) is 0.535. The molecule has 2 fully saturated rings. The molecule has 0 aliphatic carbocycles. The van der Waals surface area contributed by atoms with Crippen LogP contribution in [0.1, 0.15) is 12.8 Å². The number of pyridine rings is 1. The van der Waals surface area contributed by atoms with Crippen molar-refractivity contribution in [2.75, 3.05) is 6.54 Å². The molecule has 4 rings (SSSR count). The van der Waals surface area contributed by atoms with Crippen molar-refractivity contribution in [2.45, 2.75) is 36.0 Å². The second kappa shape index (κ2) is 7.78. The maximum atomic E-state index is 13.2. The Hall–Kier alpha value is -3.25. The van der Waals surface area contributed by atoms with Crippen molar-refractivity contribution < 1.29 is 37.3 Å². The summed E-state index contributed by atoms with van der Waals surface area (Å²) in [5.74, 6) is -1.32. The lowest BCUT2D eigenvalue weighted by molar-refractivity contribution is -0.144. The van der Waals surface area contributed by atoms with Crippen molar-refractivity contribution in [3.8, 4) is 11.5 Å². The van der Waals surface area contributed by atoms with Crippen molar-refractivity contribution in [2.24, 2.45) is 0 Å². The van der Waals surface area contributed by atoms with E-state index in [0.717, 1.165) is 15.4 Å². The number of carboxylic acids is 1. The monoisotopic (exact) mass is 451 g/mol. The molecule has 0 unspecified atom stereocenters. The number of aromatic nitrogens is 1. The number of hydrogen-bond donors (Lipinski definition) is 2. The predicted octanol–water partition coefficient (Wildman–Crippen LogP) is 1.98. The molecule has 3 heterocycles. The number of piperazine rings is 1. The summed E-state index contributed by atoms with van der Waals surface area (Å²) in [4.78, 5) is 28.4. The maximum Gasteiger partial charge on any atom is 0.407 e. The minimum Gasteiger partial charge on any atom is -0.480 e. The minimum absolute atomic E-state index is 0.205. The highest BCUT2D eigenvalue weighted by Crippen LogP contribution is 2.37. The Bertz CT molecular complexity index is 1110. The number of aliphatic carboxylic acids is 1. The lowest BCUT2D eigenvalue weighted by Gasteiger charge is -2.42. The van der Waals surface area contributed by atoms with Gasteiger partial charge >= 0.3 is 12.1 Å². The molecule has 1 aromatic carbocycles. The zero-order valence-electron chi connectivity index (χ0n) is 16.0. The number of hydrogen-bond acceptors (Lipinski definition) is 6. The molecule has 2 bridgehead atoms. The van der Waals surface area contributed by atoms with Gasteiger partial charge in [-0.2, -0.15) is 4.31 Å². The molecular weight excluding hydrogens is 433 g/mol. The van der Waals surface area contributed by atoms with Crippen molar-refractivity contribution in [3.63, 3.8) is 0 Å². The predicted molar refractivity (Wildman–Crippen MR) is 103 cm³/mol. The summed E-state index contributed by atoms with van der Waals surface area (Å²) in [6.45, 7) is -0.266. The number of sulfonamides is 1. The molecule has 0 spiro atoms. The fraction of sp³-hybridized carbons (Fsp3) is 0.316. The first-order chi connectivity index (χ1) is 14.7. The number of carbonyl (C=O) groups is 2. The zero-order chi connectivity index (χ0) is 22.3. The fourth-order valence-corrected chi connectivity index (χ4v) is 5.65. The minimum atomic E-state index is -4.31. The van der Waals surface area contributed by atoms with E-state index in [2.05, 4.69) is 4.98 Å². The van der Waals surface area contributed by atoms with Crippen LogP contribution in [0.25, 0.3) is 0 Å². The fourth-order valence-electron chi connectivity index (χ4n) is 4.09. The van der Waals surface area contributed by atoms with Gasteiger partial charge in [0.05, 0.1) is 12.2 Å². The third kappa shape index (κ3) is 3.79. The average molecular weight is 451 g/mol. The van der Waals surface area contributed by atoms with Gasteiger partial charge in [-0.3, -0.25) is 9.69 Å². The molecule has 0 saturated carbocycles. The van der Waals surface area contributed by atoms with Gasteiger partial charge in [0.1, 0.15) is 23.4 Å². The van der Waals surface area contributed by atoms with E-state index in [1.165, 1.54) is 36.4 Å². The smallest absolute Gasteiger partial charge is 0.407 e. The molecule has 2 aliphatic heterocycles. The summed E-state index contributed by atoms with van der Waals surface area (Å²) >= 11 is 0. The van der Waals surface area contributed by atoms with Crippen LogP contribution in [0.5, 0.6) is 11.5 Å². The number of benzene rings is 1. The second-order valence-electron chi connectivity index (χ2n) is 7.23. The molecular formula is C19H18FN3O7S. The molecule has 1 aromatic heterocycles. The van der Waals surface area contributed by atoms with Gasteiger partial charge in [-0.1, -0.05) is 0 Å². The van der Waals surface area contributed by atoms with Crippen LogP contribution in [0.2, 0.25) is 0 Å². The molecule has 2 N–H and O–H groups in total. The van der Waals surface area contributed by atoms with Crippen LogP contribution >= 0.6 is 0 Å². The van der Waals surface area contributed by atoms with Crippen LogP contribution in [-0.2, 0) is 14.8 Å². The Morgan fingerprint density at radius 2 is 1.74 bits per heavy atom. The molecule has 2 aromatic rings. The van der Waals surface area contributed by atoms with Gasteiger partial charge in [-0.25, -0.2) is 22.6 Å². The van der Waals surface area contributed by atoms with Gasteiger partial charge in [-0.15, -0.1) is 0 Å². The van der Waals surface area contributed by atoms with E-state index in [4.69, 9.17) is 4.74 Å². The highest BCUT2D eigenvalue weighted by molar-refractivity contribution is 7.89. The summed E-state index contributed by atoms with van der Waals surface area (Å²) in [7, 11) is -4.31. The number of nitrogens with zero attached hydrogens (tertiary/aromatic N) is 3. The number of carboxylic acid groups (broad SMARTS) is 2. The van der Waals surface area contributed by atoms with Crippen LogP contribution in [0.3, 0.4) is 0 Å². The summed E-state index contributed by atoms with van der Waals surface area (Å²) in [6, 6.07) is 4.61. The Kier molecular flexibility index (Phi) is 5.27. The van der Waals surface area contributed by atoms with Crippen molar-refractivity contribution in [3.05, 3.63) is 48.4 Å². The summed E-state index contributed by atoms with van der Waals surface area (Å²) in [5, 5.41) is 18.7. The van der Waals surface area contributed by atoms with Crippen LogP contribution in [0.4, 0.5) is 9.18 Å². The average Bonchev–Trinajstić information content (AvgIpc) is 3.03. The van der Waals surface area contributed by atoms with E-state index in [9.17, 15) is 32.6 Å². The third-order valence-corrected chi connectivity index (χ3v) is 7.18. The van der Waals surface area contributed by atoms with E-state index in [0.29, 0.717) is 12.2 Å². The Morgan fingerprint density at radius 3 is 2.32 bits per heavy atom. The molecule has 2 saturated heterocycles. The molecule has 12 heteroatoms. The van der Waals surface area contributed by atoms with Gasteiger partial charge in [0.25, 0.3) is 10.0 Å². The van der Waals surface area contributed by atoms with Gasteiger partial charge in [0, 0.05) is 12.6 Å². The zero-order valence-corrected chi connectivity index (χ0v) is 16.8. The standard InChI is InChI=1S/C19H18FN3O7S/c20-11-1-4-13(5-2-11)30-14-6-8-16(21-9-14)31(28,29)22-10-12-3-7-15(17(22)18(24)25)23(12)19(26)27/h1-2,4-6,8-9,12,15,17H,3,7,10H2,(H,24,25)(H,26,27)/t12-,15+,17+/m1/s1. The summed E-state index contributed by atoms with van der Waals surface area (Å²) in [5.41, 5.74) is 0. The van der Waals surface area contributed by atoms with Crippen molar-refractivity contribution in [1.82, 2.24) is 14.2 Å². The van der Waals surface area contributed by atoms with Crippen LogP contribution in [0.15, 0.2) is 47.6 Å². The first-order valence-corrected chi connectivity index (χ1v) is 10.8. The van der Waals surface area contributed by atoms with Crippen LogP contribution in [0, 0.1) is 5.82 Å². The maximum absolute atomic E-state index is 13.2. The quantitative estimate of drug-likeness (QED) is 0.704. The molecule has 0 radical (unpaired) electrons. The Balaban J connectivity index is 1.59. The van der Waals surface area contributed by atoms with Gasteiger partial charge < -0.3 is 14.9 Å². The number of ether oxygens (including phenoxy) is 1. The Morgan fingerprint density at radius 1 is 1.06 bits per heavy atom. The molecule has 1 amide bonds. The lowest BCUT2D eigenvalue weighted by Crippen LogP contribution is -2.64. The third-order valence-electron chi connectivity index (χ3n) is 5.42. The Labute approximate surface area is 176 Å². The number of amides is 1. The second-order valence-corrected chi connectivity index (χ2v) is 9.07. The first-order valence-electron chi connectivity index (χ1n) is 9.34. The topological polar surface area (TPSA) is 137 Å². The van der Waals surface area contributed by atoms with E-state index in [-0.39, 0.29) is 23.7 Å². The molecule has 3 atom stereocenters. The van der Waals surface area contributed by atoms with Crippen molar-refractivity contribution in [1.29, 1.82) is 0 Å². The largest absolute Gasteiger partial charge is 0.480 e. The SMILES string of the molecule is O=C(O)[C@@H]1[C@@H]2CC[C@H](CN1S(=O)(=O)c1ccc(Oc3ccc(F)cc3)cn1)N2C(=O)O. The molecule has 31 heavy (non-hydrogen) atoms. The molecule has 164 valence electrons. The highest BCUT2D eigenvalue weighted by Gasteiger charge is 2.55. The van der Waals surface area contributed by atoms with Crippen molar-refractivity contribution >= 4 is 22.1 Å². The van der Waals surface area contributed by atoms with Gasteiger partial charge in [0.15, 0.2) is 5.03 Å². The van der Waals surface area contributed by atoms with Crippen LogP contribution in [-0.4, -0.2) is 69.6 Å². The van der Waals surface area contributed by atoms with Crippen LogP contribution < -0.4 is 4.74 Å². The van der Waals surface area contributed by atoms with E-state index < -0.39 is 46.0 Å². The normalized spacial score (nSPS) is 23.5. The lowest BCUT2D eigenvalue weighted by atomic mass is 10.1. The van der Waals surface area contributed by atoms with E-state index >= 15 is 0 Å². The number of fused-ring (bicyclic) bond motifs is 2. The van der Waals surface area contributed by atoms with Gasteiger partial charge in [-0.05, 0) is 49.2 Å². The molecule has 2 aliphatic rings. The number of halogens is 1. The van der Waals surface area contributed by atoms with E-state index in [1.54, 1.807) is 0 Å².